The fourth-order valence-corrected chi connectivity index (χ4v) is 5.11. The minimum Gasteiger partial charge on any atom is -0.423 e. The number of aryl methyl sites for hydroxylation is 2. The Hall–Kier alpha value is -3.39. The van der Waals surface area contributed by atoms with Crippen LogP contribution in [0.5, 0.6) is 0 Å². The number of para-hydroxylation sites is 1. The maximum atomic E-state index is 12.7. The molecule has 162 valence electrons. The summed E-state index contributed by atoms with van der Waals surface area (Å²) in [5.41, 5.74) is 4.09. The van der Waals surface area contributed by atoms with Crippen LogP contribution in [0.2, 0.25) is 0 Å². The van der Waals surface area contributed by atoms with Crippen LogP contribution >= 0.6 is 11.8 Å². The van der Waals surface area contributed by atoms with Gasteiger partial charge in [-0.3, -0.25) is 13.8 Å². The zero-order valence-electron chi connectivity index (χ0n) is 18.2. The highest BCUT2D eigenvalue weighted by molar-refractivity contribution is 7.98. The van der Waals surface area contributed by atoms with Gasteiger partial charge in [0.05, 0.1) is 10.9 Å². The molecule has 0 saturated heterocycles. The van der Waals surface area contributed by atoms with E-state index in [-0.39, 0.29) is 11.2 Å². The second-order valence-corrected chi connectivity index (χ2v) is 9.18. The molecule has 0 unspecified atom stereocenters. The molecule has 0 amide bonds. The molecule has 0 bridgehead atoms. The number of rotatable bonds is 4. The molecule has 0 atom stereocenters. The Morgan fingerprint density at radius 3 is 2.62 bits per heavy atom. The van der Waals surface area contributed by atoms with E-state index in [1.54, 1.807) is 19.2 Å². The van der Waals surface area contributed by atoms with Gasteiger partial charge < -0.3 is 4.42 Å². The van der Waals surface area contributed by atoms with E-state index in [0.717, 1.165) is 22.0 Å². The number of hydrogen-bond donors (Lipinski definition) is 0. The molecule has 5 rings (SSSR count). The van der Waals surface area contributed by atoms with Gasteiger partial charge in [-0.15, -0.1) is 10.2 Å². The van der Waals surface area contributed by atoms with E-state index in [9.17, 15) is 9.59 Å². The first kappa shape index (κ1) is 20.5. The van der Waals surface area contributed by atoms with Gasteiger partial charge in [-0.1, -0.05) is 37.7 Å². The van der Waals surface area contributed by atoms with Crippen LogP contribution in [0, 0.1) is 6.92 Å². The summed E-state index contributed by atoms with van der Waals surface area (Å²) in [7, 11) is 1.69. The standard InChI is InChI=1S/C24H22N4O3S/c1-13(2)17-11-18-15(10-21(29)31-20(18)9-14(17)3)12-32-24-26-25-23-27(4)22(30)16-7-5-6-8-19(16)28(23)24/h5-11,13H,12H2,1-4H3. The van der Waals surface area contributed by atoms with E-state index >= 15 is 0 Å². The van der Waals surface area contributed by atoms with E-state index in [4.69, 9.17) is 4.42 Å². The summed E-state index contributed by atoms with van der Waals surface area (Å²) in [6.07, 6.45) is 0. The zero-order valence-corrected chi connectivity index (χ0v) is 19.1. The monoisotopic (exact) mass is 446 g/mol. The van der Waals surface area contributed by atoms with Crippen LogP contribution in [0.1, 0.15) is 36.5 Å². The van der Waals surface area contributed by atoms with Crippen molar-refractivity contribution in [1.29, 1.82) is 0 Å². The topological polar surface area (TPSA) is 82.4 Å². The molecule has 32 heavy (non-hydrogen) atoms. The molecule has 5 aromatic rings. The Morgan fingerprint density at radius 1 is 1.06 bits per heavy atom. The first-order valence-corrected chi connectivity index (χ1v) is 11.4. The van der Waals surface area contributed by atoms with Crippen molar-refractivity contribution in [3.63, 3.8) is 0 Å². The fourth-order valence-electron chi connectivity index (χ4n) is 4.18. The van der Waals surface area contributed by atoms with Crippen LogP contribution in [-0.2, 0) is 12.8 Å². The summed E-state index contributed by atoms with van der Waals surface area (Å²) in [6, 6.07) is 13.0. The summed E-state index contributed by atoms with van der Waals surface area (Å²) in [5.74, 6) is 1.35. The van der Waals surface area contributed by atoms with Gasteiger partial charge in [0.1, 0.15) is 5.58 Å². The molecule has 8 heteroatoms. The zero-order chi connectivity index (χ0) is 22.6. The Labute approximate surface area is 187 Å². The van der Waals surface area contributed by atoms with Crippen LogP contribution in [0.4, 0.5) is 0 Å². The maximum Gasteiger partial charge on any atom is 0.336 e. The minimum absolute atomic E-state index is 0.111. The molecule has 0 aliphatic heterocycles. The number of fused-ring (bicyclic) bond motifs is 4. The van der Waals surface area contributed by atoms with Gasteiger partial charge in [-0.05, 0) is 53.8 Å². The van der Waals surface area contributed by atoms with Crippen LogP contribution < -0.4 is 11.2 Å². The Bertz CT molecular complexity index is 1630. The van der Waals surface area contributed by atoms with Crippen LogP contribution in [0.15, 0.2) is 61.6 Å². The van der Waals surface area contributed by atoms with E-state index in [0.29, 0.717) is 33.6 Å². The summed E-state index contributed by atoms with van der Waals surface area (Å²) < 4.78 is 8.87. The molecular formula is C24H22N4O3S. The normalized spacial score (nSPS) is 11.9. The van der Waals surface area contributed by atoms with Gasteiger partial charge in [-0.25, -0.2) is 4.79 Å². The maximum absolute atomic E-state index is 12.7. The Morgan fingerprint density at radius 2 is 1.84 bits per heavy atom. The number of thioether (sulfide) groups is 1. The second kappa shape index (κ2) is 7.63. The summed E-state index contributed by atoms with van der Waals surface area (Å²) in [4.78, 5) is 24.9. The Balaban J connectivity index is 1.63. The quantitative estimate of drug-likeness (QED) is 0.300. The van der Waals surface area contributed by atoms with Crippen molar-refractivity contribution in [3.05, 3.63) is 79.9 Å². The highest BCUT2D eigenvalue weighted by Crippen LogP contribution is 2.30. The summed E-state index contributed by atoms with van der Waals surface area (Å²) >= 11 is 1.47. The first-order chi connectivity index (χ1) is 15.3. The third-order valence-electron chi connectivity index (χ3n) is 5.79. The van der Waals surface area contributed by atoms with Crippen molar-refractivity contribution in [2.45, 2.75) is 37.6 Å². The summed E-state index contributed by atoms with van der Waals surface area (Å²) in [6.45, 7) is 6.34. The number of benzene rings is 2. The lowest BCUT2D eigenvalue weighted by Gasteiger charge is -2.13. The van der Waals surface area contributed by atoms with Crippen molar-refractivity contribution < 1.29 is 4.42 Å². The molecule has 0 fully saturated rings. The lowest BCUT2D eigenvalue weighted by molar-refractivity contribution is 0.559. The third-order valence-corrected chi connectivity index (χ3v) is 6.77. The highest BCUT2D eigenvalue weighted by atomic mass is 32.2. The van der Waals surface area contributed by atoms with Crippen molar-refractivity contribution >= 4 is 39.4 Å². The van der Waals surface area contributed by atoms with Gasteiger partial charge in [-0.2, -0.15) is 0 Å². The Kier molecular flexibility index (Phi) is 4.89. The molecule has 3 aromatic heterocycles. The molecule has 0 radical (unpaired) electrons. The van der Waals surface area contributed by atoms with Crippen LogP contribution in [0.3, 0.4) is 0 Å². The van der Waals surface area contributed by atoms with Crippen molar-refractivity contribution in [2.24, 2.45) is 7.05 Å². The molecular weight excluding hydrogens is 424 g/mol. The number of nitrogens with zero attached hydrogens (tertiary/aromatic N) is 4. The number of hydrogen-bond acceptors (Lipinski definition) is 6. The lowest BCUT2D eigenvalue weighted by Crippen LogP contribution is -2.20. The molecule has 0 saturated carbocycles. The largest absolute Gasteiger partial charge is 0.423 e. The predicted molar refractivity (Wildman–Crippen MR) is 127 cm³/mol. The molecule has 3 heterocycles. The van der Waals surface area contributed by atoms with Crippen LogP contribution in [-0.4, -0.2) is 19.2 Å². The van der Waals surface area contributed by atoms with Gasteiger partial charge in [0.15, 0.2) is 5.16 Å². The smallest absolute Gasteiger partial charge is 0.336 e. The average molecular weight is 447 g/mol. The predicted octanol–water partition coefficient (Wildman–Crippen LogP) is 4.41. The molecule has 0 spiro atoms. The highest BCUT2D eigenvalue weighted by Gasteiger charge is 2.16. The average Bonchev–Trinajstić information content (AvgIpc) is 3.19. The van der Waals surface area contributed by atoms with Crippen molar-refractivity contribution in [2.75, 3.05) is 0 Å². The van der Waals surface area contributed by atoms with Gasteiger partial charge >= 0.3 is 5.63 Å². The molecule has 0 aliphatic rings. The fraction of sp³-hybridized carbons (Fsp3) is 0.250. The third kappa shape index (κ3) is 3.22. The van der Waals surface area contributed by atoms with Gasteiger partial charge in [0.25, 0.3) is 5.56 Å². The van der Waals surface area contributed by atoms with Crippen molar-refractivity contribution in [1.82, 2.24) is 19.2 Å². The van der Waals surface area contributed by atoms with Gasteiger partial charge in [0.2, 0.25) is 5.78 Å². The molecule has 7 nitrogen and oxygen atoms in total. The van der Waals surface area contributed by atoms with Crippen LogP contribution in [0.25, 0.3) is 27.6 Å². The second-order valence-electron chi connectivity index (χ2n) is 8.24. The van der Waals surface area contributed by atoms with E-state index in [1.807, 2.05) is 35.6 Å². The van der Waals surface area contributed by atoms with Gasteiger partial charge in [0, 0.05) is 24.3 Å². The van der Waals surface area contributed by atoms with E-state index in [2.05, 4.69) is 30.1 Å². The summed E-state index contributed by atoms with van der Waals surface area (Å²) in [5, 5.41) is 10.8. The number of aromatic nitrogens is 4. The van der Waals surface area contributed by atoms with Crippen molar-refractivity contribution in [3.8, 4) is 0 Å². The minimum atomic E-state index is -0.372. The molecule has 0 aliphatic carbocycles. The molecule has 0 N–H and O–H groups in total. The first-order valence-electron chi connectivity index (χ1n) is 10.4. The molecule has 2 aromatic carbocycles. The lowest BCUT2D eigenvalue weighted by atomic mass is 9.95. The van der Waals surface area contributed by atoms with E-state index < -0.39 is 0 Å². The SMILES string of the molecule is Cc1cc2oc(=O)cc(CSc3nnc4n(C)c(=O)c5ccccc5n34)c2cc1C(C)C. The van der Waals surface area contributed by atoms with E-state index in [1.165, 1.54) is 21.9 Å².